The van der Waals surface area contributed by atoms with E-state index < -0.39 is 29.7 Å². The van der Waals surface area contributed by atoms with Crippen LogP contribution in [0.3, 0.4) is 0 Å². The summed E-state index contributed by atoms with van der Waals surface area (Å²) in [6.45, 7) is 4.09. The third-order valence-electron chi connectivity index (χ3n) is 8.05. The zero-order valence-electron chi connectivity index (χ0n) is 25.6. The van der Waals surface area contributed by atoms with Gasteiger partial charge >= 0.3 is 5.97 Å². The van der Waals surface area contributed by atoms with Gasteiger partial charge in [-0.2, -0.15) is 10.2 Å². The number of amides is 2. The van der Waals surface area contributed by atoms with Gasteiger partial charge < -0.3 is 9.47 Å². The second kappa shape index (κ2) is 12.1. The Hall–Kier alpha value is -5.91. The zero-order valence-corrected chi connectivity index (χ0v) is 25.6. The van der Waals surface area contributed by atoms with Crippen LogP contribution >= 0.6 is 0 Å². The molecule has 0 saturated heterocycles. The highest BCUT2D eigenvalue weighted by Crippen LogP contribution is 2.39. The van der Waals surface area contributed by atoms with E-state index in [0.29, 0.717) is 34.3 Å². The van der Waals surface area contributed by atoms with Gasteiger partial charge in [0.05, 0.1) is 40.7 Å². The molecule has 0 unspecified atom stereocenters. The van der Waals surface area contributed by atoms with Gasteiger partial charge in [-0.3, -0.25) is 19.1 Å². The normalized spacial score (nSPS) is 13.4. The number of fused-ring (bicyclic) bond motifs is 3. The van der Waals surface area contributed by atoms with E-state index in [2.05, 4.69) is 15.2 Å². The van der Waals surface area contributed by atoms with Gasteiger partial charge in [0.25, 0.3) is 11.8 Å². The summed E-state index contributed by atoms with van der Waals surface area (Å²) in [6.07, 6.45) is 6.07. The molecule has 7 rings (SSSR count). The van der Waals surface area contributed by atoms with E-state index >= 15 is 0 Å². The van der Waals surface area contributed by atoms with E-state index in [-0.39, 0.29) is 29.2 Å². The predicted octanol–water partition coefficient (Wildman–Crippen LogP) is 6.19. The summed E-state index contributed by atoms with van der Waals surface area (Å²) in [7, 11) is 0. The van der Waals surface area contributed by atoms with Crippen molar-refractivity contribution in [3.05, 3.63) is 108 Å². The first-order chi connectivity index (χ1) is 22.8. The average Bonchev–Trinajstić information content (AvgIpc) is 3.80. The van der Waals surface area contributed by atoms with Gasteiger partial charge in [0.1, 0.15) is 18.5 Å². The number of esters is 1. The van der Waals surface area contributed by atoms with E-state index in [1.807, 2.05) is 19.1 Å². The van der Waals surface area contributed by atoms with Crippen LogP contribution in [-0.2, 0) is 16.1 Å². The minimum absolute atomic E-state index is 0.0104. The highest BCUT2D eigenvalue weighted by Gasteiger charge is 2.39. The Balaban J connectivity index is 1.31. The van der Waals surface area contributed by atoms with Gasteiger partial charge in [-0.25, -0.2) is 19.0 Å². The van der Waals surface area contributed by atoms with Crippen molar-refractivity contribution in [3.8, 4) is 11.4 Å². The van der Waals surface area contributed by atoms with Crippen LogP contribution in [0, 0.1) is 5.82 Å². The minimum Gasteiger partial charge on any atom is -0.482 e. The Bertz CT molecular complexity index is 2140. The van der Waals surface area contributed by atoms with Crippen molar-refractivity contribution in [1.82, 2.24) is 24.5 Å². The first-order valence-corrected chi connectivity index (χ1v) is 15.2. The fraction of sp³-hybridized carbons (Fsp3) is 0.200. The second-order valence-corrected chi connectivity index (χ2v) is 11.2. The van der Waals surface area contributed by atoms with Crippen molar-refractivity contribution in [2.45, 2.75) is 39.3 Å². The number of hydrogen-bond donors (Lipinski definition) is 0. The molecule has 2 amide bonds. The van der Waals surface area contributed by atoms with Gasteiger partial charge in [0, 0.05) is 28.7 Å². The molecule has 6 aromatic rings. The molecule has 12 heteroatoms. The SMILES string of the molecule is CCCCOC(=O)Cn1ncc2cc(-n3cccn3)c([C@H](C)Oc3cc4cc(F)ccc4nc3N3C(=O)c4ccccc4C3=O)cc21. The maximum atomic E-state index is 14.3. The molecule has 3 aromatic carbocycles. The third kappa shape index (κ3) is 5.47. The number of carbonyl (C=O) groups excluding carboxylic acids is 3. The molecular formula is C35H29FN6O5. The minimum atomic E-state index is -0.722. The Kier molecular flexibility index (Phi) is 7.68. The van der Waals surface area contributed by atoms with Gasteiger partial charge in [-0.1, -0.05) is 25.5 Å². The molecule has 11 nitrogen and oxygen atoms in total. The Morgan fingerprint density at radius 1 is 0.957 bits per heavy atom. The Labute approximate surface area is 268 Å². The van der Waals surface area contributed by atoms with E-state index in [9.17, 15) is 18.8 Å². The molecule has 3 aromatic heterocycles. The van der Waals surface area contributed by atoms with Crippen molar-refractivity contribution < 1.29 is 28.2 Å². The maximum absolute atomic E-state index is 14.3. The van der Waals surface area contributed by atoms with E-state index in [4.69, 9.17) is 9.47 Å². The Morgan fingerprint density at radius 2 is 1.74 bits per heavy atom. The summed E-state index contributed by atoms with van der Waals surface area (Å²) < 4.78 is 29.5. The third-order valence-corrected chi connectivity index (χ3v) is 8.05. The zero-order chi connectivity index (χ0) is 32.7. The Morgan fingerprint density at radius 3 is 2.47 bits per heavy atom. The molecule has 0 saturated carbocycles. The molecule has 0 radical (unpaired) electrons. The second-order valence-electron chi connectivity index (χ2n) is 11.2. The lowest BCUT2D eigenvalue weighted by Crippen LogP contribution is -2.31. The number of nitrogens with zero attached hydrogens (tertiary/aromatic N) is 6. The first-order valence-electron chi connectivity index (χ1n) is 15.2. The number of unbranched alkanes of at least 4 members (excludes halogenated alkanes) is 1. The van der Waals surface area contributed by atoms with Gasteiger partial charge in [-0.05, 0) is 67.9 Å². The molecule has 47 heavy (non-hydrogen) atoms. The van der Waals surface area contributed by atoms with Gasteiger partial charge in [0.2, 0.25) is 0 Å². The predicted molar refractivity (Wildman–Crippen MR) is 171 cm³/mol. The summed E-state index contributed by atoms with van der Waals surface area (Å²) in [4.78, 5) is 45.2. The number of benzene rings is 3. The summed E-state index contributed by atoms with van der Waals surface area (Å²) >= 11 is 0. The van der Waals surface area contributed by atoms with Crippen LogP contribution in [0.4, 0.5) is 10.2 Å². The molecular weight excluding hydrogens is 603 g/mol. The topological polar surface area (TPSA) is 121 Å². The molecule has 1 atom stereocenters. The molecule has 1 aliphatic rings. The van der Waals surface area contributed by atoms with Crippen LogP contribution in [-0.4, -0.2) is 48.9 Å². The average molecular weight is 633 g/mol. The van der Waals surface area contributed by atoms with Crippen molar-refractivity contribution >= 4 is 45.4 Å². The number of pyridine rings is 1. The fourth-order valence-corrected chi connectivity index (χ4v) is 5.69. The number of hydrogen-bond acceptors (Lipinski definition) is 8. The number of carbonyl (C=O) groups is 3. The first kappa shape index (κ1) is 29.8. The highest BCUT2D eigenvalue weighted by molar-refractivity contribution is 6.34. The molecule has 4 heterocycles. The molecule has 0 spiro atoms. The van der Waals surface area contributed by atoms with Crippen molar-refractivity contribution in [2.24, 2.45) is 0 Å². The molecule has 0 N–H and O–H groups in total. The largest absolute Gasteiger partial charge is 0.482 e. The summed E-state index contributed by atoms with van der Waals surface area (Å²) in [5.74, 6) is -1.85. The molecule has 0 bridgehead atoms. The summed E-state index contributed by atoms with van der Waals surface area (Å²) in [5, 5.41) is 10.0. The molecule has 0 aliphatic carbocycles. The number of ether oxygens (including phenoxy) is 2. The van der Waals surface area contributed by atoms with E-state index in [1.54, 1.807) is 71.3 Å². The molecule has 0 fully saturated rings. The smallest absolute Gasteiger partial charge is 0.327 e. The number of halogens is 1. The molecule has 236 valence electrons. The van der Waals surface area contributed by atoms with Crippen LogP contribution in [0.1, 0.15) is 59.1 Å². The van der Waals surface area contributed by atoms with Crippen molar-refractivity contribution in [2.75, 3.05) is 11.5 Å². The maximum Gasteiger partial charge on any atom is 0.327 e. The quantitative estimate of drug-likeness (QED) is 0.0996. The van der Waals surface area contributed by atoms with Crippen molar-refractivity contribution in [3.63, 3.8) is 0 Å². The van der Waals surface area contributed by atoms with Crippen LogP contribution in [0.5, 0.6) is 5.75 Å². The van der Waals surface area contributed by atoms with Crippen LogP contribution in [0.2, 0.25) is 0 Å². The summed E-state index contributed by atoms with van der Waals surface area (Å²) in [5.41, 5.74) is 2.90. The number of anilines is 1. The standard InChI is InChI=1S/C35H29FN6O5/c1-3-4-14-46-32(43)20-41-29-18-27(30(16-23(29)19-38-41)40-13-7-12-37-40)21(2)47-31-17-22-15-24(36)10-11-28(22)39-33(31)42-34(44)25-8-5-6-9-26(25)35(42)45/h5-13,15-19,21H,3-4,14,20H2,1-2H3/t21-/m0/s1. The van der Waals surface area contributed by atoms with Gasteiger partial charge in [-0.15, -0.1) is 0 Å². The fourth-order valence-electron chi connectivity index (χ4n) is 5.69. The van der Waals surface area contributed by atoms with Crippen molar-refractivity contribution in [1.29, 1.82) is 0 Å². The van der Waals surface area contributed by atoms with E-state index in [0.717, 1.165) is 23.1 Å². The lowest BCUT2D eigenvalue weighted by Gasteiger charge is -2.23. The summed E-state index contributed by atoms with van der Waals surface area (Å²) in [6, 6.07) is 17.7. The lowest BCUT2D eigenvalue weighted by atomic mass is 10.1. The monoisotopic (exact) mass is 632 g/mol. The van der Waals surface area contributed by atoms with Gasteiger partial charge in [0.15, 0.2) is 11.6 Å². The highest BCUT2D eigenvalue weighted by atomic mass is 19.1. The lowest BCUT2D eigenvalue weighted by molar-refractivity contribution is -0.144. The molecule has 1 aliphatic heterocycles. The van der Waals surface area contributed by atoms with Crippen LogP contribution in [0.25, 0.3) is 27.5 Å². The van der Waals surface area contributed by atoms with Crippen LogP contribution in [0.15, 0.2) is 85.3 Å². The number of imide groups is 1. The van der Waals surface area contributed by atoms with Crippen LogP contribution < -0.4 is 9.64 Å². The number of aromatic nitrogens is 5. The number of rotatable bonds is 10. The van der Waals surface area contributed by atoms with E-state index in [1.165, 1.54) is 18.2 Å².